The Morgan fingerprint density at radius 1 is 1.27 bits per heavy atom. The highest BCUT2D eigenvalue weighted by Crippen LogP contribution is 2.46. The van der Waals surface area contributed by atoms with Crippen LogP contribution in [0.1, 0.15) is 26.2 Å². The predicted molar refractivity (Wildman–Crippen MR) is 37.2 cm³/mol. The lowest BCUT2D eigenvalue weighted by Gasteiger charge is -2.32. The van der Waals surface area contributed by atoms with Crippen molar-refractivity contribution in [3.63, 3.8) is 0 Å². The van der Waals surface area contributed by atoms with Gasteiger partial charge in [-0.05, 0) is 19.3 Å². The van der Waals surface area contributed by atoms with Gasteiger partial charge in [0.15, 0.2) is 0 Å². The first kappa shape index (κ1) is 8.62. The van der Waals surface area contributed by atoms with Crippen LogP contribution in [-0.2, 0) is 0 Å². The highest BCUT2D eigenvalue weighted by molar-refractivity contribution is 4.98. The normalized spacial score (nSPS) is 32.4. The van der Waals surface area contributed by atoms with E-state index < -0.39 is 11.6 Å². The lowest BCUT2D eigenvalue weighted by molar-refractivity contribution is -0.220. The van der Waals surface area contributed by atoms with Crippen molar-refractivity contribution in [1.82, 2.24) is 0 Å². The van der Waals surface area contributed by atoms with E-state index in [4.69, 9.17) is 0 Å². The van der Waals surface area contributed by atoms with Gasteiger partial charge in [0.25, 0.3) is 0 Å². The third kappa shape index (κ3) is 1.57. The zero-order valence-corrected chi connectivity index (χ0v) is 6.41. The third-order valence-electron chi connectivity index (χ3n) is 2.28. The minimum Gasteiger partial charge on any atom is -0.171 e. The fourth-order valence-electron chi connectivity index (χ4n) is 1.22. The molecule has 0 spiro atoms. The Morgan fingerprint density at radius 2 is 1.91 bits per heavy atom. The van der Waals surface area contributed by atoms with Crippen LogP contribution in [0.2, 0.25) is 0 Å². The topological polar surface area (TPSA) is 0 Å². The number of alkyl halides is 3. The van der Waals surface area contributed by atoms with E-state index in [0.29, 0.717) is 6.42 Å². The molecule has 1 aliphatic rings. The van der Waals surface area contributed by atoms with Gasteiger partial charge in [-0.25, -0.2) is 0 Å². The maximum atomic E-state index is 12.3. The molecule has 1 atom stereocenters. The molecule has 0 saturated heterocycles. The summed E-state index contributed by atoms with van der Waals surface area (Å²) in [5.74, 6) is 0. The second-order valence-corrected chi connectivity index (χ2v) is 3.27. The lowest BCUT2D eigenvalue weighted by atomic mass is 9.78. The van der Waals surface area contributed by atoms with Gasteiger partial charge in [0.05, 0.1) is 5.41 Å². The van der Waals surface area contributed by atoms with E-state index in [-0.39, 0.29) is 12.8 Å². The predicted octanol–water partition coefficient (Wildman–Crippen LogP) is 3.30. The molecular weight excluding hydrogens is 153 g/mol. The second-order valence-electron chi connectivity index (χ2n) is 3.27. The number of hydrogen-bond donors (Lipinski definition) is 0. The molecule has 64 valence electrons. The van der Waals surface area contributed by atoms with Crippen LogP contribution >= 0.6 is 0 Å². The molecule has 0 bridgehead atoms. The van der Waals surface area contributed by atoms with Crippen LogP contribution in [0.3, 0.4) is 0 Å². The molecule has 0 radical (unpaired) electrons. The van der Waals surface area contributed by atoms with E-state index in [1.54, 1.807) is 6.08 Å². The molecule has 0 heterocycles. The molecule has 0 aromatic rings. The SMILES string of the molecule is CC1(C(F)(F)F)CC=CCC1. The van der Waals surface area contributed by atoms with Gasteiger partial charge >= 0.3 is 6.18 Å². The number of hydrogen-bond acceptors (Lipinski definition) is 0. The molecule has 0 aliphatic heterocycles. The smallest absolute Gasteiger partial charge is 0.171 e. The summed E-state index contributed by atoms with van der Waals surface area (Å²) >= 11 is 0. The molecule has 0 aromatic carbocycles. The van der Waals surface area contributed by atoms with Gasteiger partial charge in [-0.2, -0.15) is 13.2 Å². The van der Waals surface area contributed by atoms with Crippen LogP contribution in [0.25, 0.3) is 0 Å². The van der Waals surface area contributed by atoms with Crippen molar-refractivity contribution in [3.8, 4) is 0 Å². The Labute approximate surface area is 64.1 Å². The molecule has 1 unspecified atom stereocenters. The van der Waals surface area contributed by atoms with Crippen molar-refractivity contribution < 1.29 is 13.2 Å². The molecule has 0 saturated carbocycles. The van der Waals surface area contributed by atoms with Gasteiger partial charge in [-0.15, -0.1) is 0 Å². The standard InChI is InChI=1S/C8H11F3/c1-7(8(9,10)11)5-3-2-4-6-7/h2-3H,4-6H2,1H3. The zero-order valence-electron chi connectivity index (χ0n) is 6.41. The Hall–Kier alpha value is -0.470. The molecular formula is C8H11F3. The maximum absolute atomic E-state index is 12.3. The van der Waals surface area contributed by atoms with Gasteiger partial charge in [0.1, 0.15) is 0 Å². The fourth-order valence-corrected chi connectivity index (χ4v) is 1.22. The largest absolute Gasteiger partial charge is 0.394 e. The molecule has 1 aliphatic carbocycles. The minimum absolute atomic E-state index is 0.135. The molecule has 11 heavy (non-hydrogen) atoms. The van der Waals surface area contributed by atoms with Crippen molar-refractivity contribution in [2.24, 2.45) is 5.41 Å². The summed E-state index contributed by atoms with van der Waals surface area (Å²) in [6.07, 6.45) is 0.307. The molecule has 0 nitrogen and oxygen atoms in total. The Morgan fingerprint density at radius 3 is 2.18 bits per heavy atom. The average Bonchev–Trinajstić information content (AvgIpc) is 1.87. The summed E-state index contributed by atoms with van der Waals surface area (Å²) in [6.45, 7) is 1.29. The Bertz CT molecular complexity index is 169. The van der Waals surface area contributed by atoms with Crippen molar-refractivity contribution in [2.45, 2.75) is 32.4 Å². The van der Waals surface area contributed by atoms with Gasteiger partial charge in [0, 0.05) is 0 Å². The van der Waals surface area contributed by atoms with E-state index in [1.807, 2.05) is 6.08 Å². The van der Waals surface area contributed by atoms with E-state index in [1.165, 1.54) is 6.92 Å². The zero-order chi connectivity index (χ0) is 8.54. The van der Waals surface area contributed by atoms with Crippen molar-refractivity contribution >= 4 is 0 Å². The average molecular weight is 164 g/mol. The van der Waals surface area contributed by atoms with E-state index in [9.17, 15) is 13.2 Å². The molecule has 0 N–H and O–H groups in total. The highest BCUT2D eigenvalue weighted by atomic mass is 19.4. The Kier molecular flexibility index (Phi) is 1.99. The van der Waals surface area contributed by atoms with E-state index in [2.05, 4.69) is 0 Å². The van der Waals surface area contributed by atoms with Crippen LogP contribution in [-0.4, -0.2) is 6.18 Å². The van der Waals surface area contributed by atoms with Crippen LogP contribution < -0.4 is 0 Å². The maximum Gasteiger partial charge on any atom is 0.394 e. The van der Waals surface area contributed by atoms with Crippen LogP contribution in [0.15, 0.2) is 12.2 Å². The summed E-state index contributed by atoms with van der Waals surface area (Å²) in [5, 5.41) is 0. The van der Waals surface area contributed by atoms with Crippen molar-refractivity contribution in [1.29, 1.82) is 0 Å². The number of allylic oxidation sites excluding steroid dienone is 2. The van der Waals surface area contributed by atoms with Crippen LogP contribution in [0.4, 0.5) is 13.2 Å². The molecule has 0 fully saturated rings. The summed E-state index contributed by atoms with van der Waals surface area (Å²) in [7, 11) is 0. The van der Waals surface area contributed by atoms with E-state index >= 15 is 0 Å². The fraction of sp³-hybridized carbons (Fsp3) is 0.750. The van der Waals surface area contributed by atoms with Crippen LogP contribution in [0, 0.1) is 5.41 Å². The quantitative estimate of drug-likeness (QED) is 0.482. The summed E-state index contributed by atoms with van der Waals surface area (Å²) in [6, 6.07) is 0. The highest BCUT2D eigenvalue weighted by Gasteiger charge is 2.49. The Balaban J connectivity index is 2.74. The van der Waals surface area contributed by atoms with E-state index in [0.717, 1.165) is 0 Å². The number of rotatable bonds is 0. The molecule has 0 amide bonds. The molecule has 1 rings (SSSR count). The first-order valence-corrected chi connectivity index (χ1v) is 3.67. The third-order valence-corrected chi connectivity index (χ3v) is 2.28. The summed E-state index contributed by atoms with van der Waals surface area (Å²) < 4.78 is 36.9. The molecule has 0 aromatic heterocycles. The van der Waals surface area contributed by atoms with Crippen molar-refractivity contribution in [2.75, 3.05) is 0 Å². The van der Waals surface area contributed by atoms with Gasteiger partial charge in [0.2, 0.25) is 0 Å². The van der Waals surface area contributed by atoms with Crippen LogP contribution in [0.5, 0.6) is 0 Å². The lowest BCUT2D eigenvalue weighted by Crippen LogP contribution is -2.35. The van der Waals surface area contributed by atoms with Gasteiger partial charge < -0.3 is 0 Å². The number of halogens is 3. The molecule has 3 heteroatoms. The van der Waals surface area contributed by atoms with Crippen molar-refractivity contribution in [3.05, 3.63) is 12.2 Å². The second kappa shape index (κ2) is 2.54. The summed E-state index contributed by atoms with van der Waals surface area (Å²) in [5.41, 5.74) is -1.47. The summed E-state index contributed by atoms with van der Waals surface area (Å²) in [4.78, 5) is 0. The van der Waals surface area contributed by atoms with Gasteiger partial charge in [-0.3, -0.25) is 0 Å². The minimum atomic E-state index is -4.04. The first-order chi connectivity index (χ1) is 4.96. The van der Waals surface area contributed by atoms with Gasteiger partial charge in [-0.1, -0.05) is 19.1 Å². The first-order valence-electron chi connectivity index (χ1n) is 3.67. The monoisotopic (exact) mass is 164 g/mol.